The number of hydrogen-bond donors (Lipinski definition) is 2. The van der Waals surface area contributed by atoms with Gasteiger partial charge in [0.1, 0.15) is 6.54 Å². The first-order valence-electron chi connectivity index (χ1n) is 6.94. The van der Waals surface area contributed by atoms with Gasteiger partial charge in [0.15, 0.2) is 6.61 Å². The Morgan fingerprint density at radius 2 is 2.08 bits per heavy atom. The number of H-pyrrole nitrogens is 1. The quantitative estimate of drug-likeness (QED) is 0.767. The third kappa shape index (κ3) is 6.12. The summed E-state index contributed by atoms with van der Waals surface area (Å²) >= 11 is 0. The molecular formula is C14H13F3N4O4. The van der Waals surface area contributed by atoms with Gasteiger partial charge >= 0.3 is 11.9 Å². The highest BCUT2D eigenvalue weighted by Gasteiger charge is 2.28. The van der Waals surface area contributed by atoms with E-state index in [1.807, 2.05) is 4.98 Å². The molecule has 0 atom stereocenters. The summed E-state index contributed by atoms with van der Waals surface area (Å²) in [5.74, 6) is -0.746. The fourth-order valence-electron chi connectivity index (χ4n) is 1.78. The highest BCUT2D eigenvalue weighted by Crippen LogP contribution is 2.17. The van der Waals surface area contributed by atoms with Crippen molar-refractivity contribution in [2.24, 2.45) is 0 Å². The van der Waals surface area contributed by atoms with E-state index in [9.17, 15) is 27.6 Å². The van der Waals surface area contributed by atoms with Crippen LogP contribution in [-0.2, 0) is 17.9 Å². The van der Waals surface area contributed by atoms with Gasteiger partial charge in [0.25, 0.3) is 5.56 Å². The van der Waals surface area contributed by atoms with E-state index < -0.39 is 29.9 Å². The Balaban J connectivity index is 1.91. The zero-order valence-corrected chi connectivity index (χ0v) is 12.7. The van der Waals surface area contributed by atoms with Crippen molar-refractivity contribution in [1.29, 1.82) is 0 Å². The molecule has 2 aromatic rings. The topological polar surface area (TPSA) is 106 Å². The molecule has 0 spiro atoms. The van der Waals surface area contributed by atoms with Gasteiger partial charge < -0.3 is 10.1 Å². The Bertz CT molecular complexity index is 860. The first-order valence-corrected chi connectivity index (χ1v) is 6.94. The molecule has 134 valence electrons. The minimum atomic E-state index is -4.48. The third-order valence-corrected chi connectivity index (χ3v) is 2.88. The number of nitrogens with one attached hydrogen (secondary N) is 2. The highest BCUT2D eigenvalue weighted by atomic mass is 19.4. The molecule has 2 heterocycles. The summed E-state index contributed by atoms with van der Waals surface area (Å²) in [7, 11) is 0. The standard InChI is InChI=1S/C14H13F3N4O4/c15-14(16,17)8-25-12-5-9(1-3-18-12)6-19-11(23)7-21-4-2-10(22)20-13(21)24/h1-5H,6-8H2,(H,19,23)(H,20,22,24). The van der Waals surface area contributed by atoms with E-state index in [0.717, 1.165) is 10.6 Å². The van der Waals surface area contributed by atoms with Crippen molar-refractivity contribution in [3.05, 3.63) is 57.0 Å². The molecule has 0 radical (unpaired) electrons. The maximum Gasteiger partial charge on any atom is 0.422 e. The van der Waals surface area contributed by atoms with Crippen LogP contribution in [0.1, 0.15) is 5.56 Å². The number of amides is 1. The van der Waals surface area contributed by atoms with E-state index in [1.54, 1.807) is 0 Å². The minimum Gasteiger partial charge on any atom is -0.468 e. The molecule has 25 heavy (non-hydrogen) atoms. The molecule has 1 amide bonds. The van der Waals surface area contributed by atoms with Crippen molar-refractivity contribution >= 4 is 5.91 Å². The molecule has 2 rings (SSSR count). The fraction of sp³-hybridized carbons (Fsp3) is 0.286. The van der Waals surface area contributed by atoms with Gasteiger partial charge in [-0.25, -0.2) is 9.78 Å². The molecule has 0 aliphatic heterocycles. The fourth-order valence-corrected chi connectivity index (χ4v) is 1.78. The molecule has 8 nitrogen and oxygen atoms in total. The van der Waals surface area contributed by atoms with Crippen LogP contribution in [0.2, 0.25) is 0 Å². The number of carbonyl (C=O) groups excluding carboxylic acids is 1. The van der Waals surface area contributed by atoms with Crippen LogP contribution in [0, 0.1) is 0 Å². The Morgan fingerprint density at radius 1 is 1.32 bits per heavy atom. The average Bonchev–Trinajstić information content (AvgIpc) is 2.53. The molecule has 0 aliphatic carbocycles. The number of hydrogen-bond acceptors (Lipinski definition) is 5. The van der Waals surface area contributed by atoms with Crippen LogP contribution in [-0.4, -0.2) is 33.2 Å². The molecule has 0 saturated carbocycles. The van der Waals surface area contributed by atoms with Crippen LogP contribution in [0.5, 0.6) is 5.88 Å². The highest BCUT2D eigenvalue weighted by molar-refractivity contribution is 5.75. The first-order chi connectivity index (χ1) is 11.7. The molecule has 0 bridgehead atoms. The van der Waals surface area contributed by atoms with Crippen LogP contribution in [0.4, 0.5) is 13.2 Å². The lowest BCUT2D eigenvalue weighted by Crippen LogP contribution is -2.35. The van der Waals surface area contributed by atoms with Gasteiger partial charge in [-0.2, -0.15) is 13.2 Å². The summed E-state index contributed by atoms with van der Waals surface area (Å²) in [6, 6.07) is 3.85. The Morgan fingerprint density at radius 3 is 2.76 bits per heavy atom. The number of nitrogens with zero attached hydrogens (tertiary/aromatic N) is 2. The summed E-state index contributed by atoms with van der Waals surface area (Å²) in [6.07, 6.45) is -2.05. The second kappa shape index (κ2) is 7.64. The van der Waals surface area contributed by atoms with Crippen LogP contribution in [0.3, 0.4) is 0 Å². The van der Waals surface area contributed by atoms with Crippen LogP contribution >= 0.6 is 0 Å². The van der Waals surface area contributed by atoms with Crippen molar-refractivity contribution in [1.82, 2.24) is 19.9 Å². The molecule has 11 heteroatoms. The van der Waals surface area contributed by atoms with Crippen molar-refractivity contribution < 1.29 is 22.7 Å². The summed E-state index contributed by atoms with van der Waals surface area (Å²) in [6.45, 7) is -1.79. The van der Waals surface area contributed by atoms with E-state index in [-0.39, 0.29) is 19.0 Å². The van der Waals surface area contributed by atoms with Crippen molar-refractivity contribution in [3.8, 4) is 5.88 Å². The van der Waals surface area contributed by atoms with E-state index in [2.05, 4.69) is 15.0 Å². The van der Waals surface area contributed by atoms with Gasteiger partial charge in [0, 0.05) is 31.1 Å². The Kier molecular flexibility index (Phi) is 5.57. The van der Waals surface area contributed by atoms with Gasteiger partial charge in [-0.3, -0.25) is 19.1 Å². The average molecular weight is 358 g/mol. The lowest BCUT2D eigenvalue weighted by molar-refractivity contribution is -0.154. The number of halogens is 3. The van der Waals surface area contributed by atoms with Gasteiger partial charge in [0.05, 0.1) is 0 Å². The third-order valence-electron chi connectivity index (χ3n) is 2.88. The van der Waals surface area contributed by atoms with E-state index >= 15 is 0 Å². The maximum atomic E-state index is 12.1. The van der Waals surface area contributed by atoms with E-state index in [4.69, 9.17) is 0 Å². The van der Waals surface area contributed by atoms with Gasteiger partial charge in [0.2, 0.25) is 11.8 Å². The number of rotatable bonds is 6. The lowest BCUT2D eigenvalue weighted by Gasteiger charge is -2.10. The van der Waals surface area contributed by atoms with Crippen molar-refractivity contribution in [3.63, 3.8) is 0 Å². The summed E-state index contributed by atoms with van der Waals surface area (Å²) < 4.78 is 41.8. The number of alkyl halides is 3. The predicted octanol–water partition coefficient (Wildman–Crippen LogP) is 0.189. The molecule has 0 fully saturated rings. The minimum absolute atomic E-state index is 0.00182. The Labute approximate surface area is 138 Å². The van der Waals surface area contributed by atoms with Crippen LogP contribution in [0.25, 0.3) is 0 Å². The van der Waals surface area contributed by atoms with E-state index in [0.29, 0.717) is 5.56 Å². The molecular weight excluding hydrogens is 345 g/mol. The predicted molar refractivity (Wildman–Crippen MR) is 79.0 cm³/mol. The van der Waals surface area contributed by atoms with Gasteiger partial charge in [-0.05, 0) is 11.6 Å². The summed E-state index contributed by atoms with van der Waals surface area (Å²) in [5, 5.41) is 2.49. The number of aromatic amines is 1. The monoisotopic (exact) mass is 358 g/mol. The maximum absolute atomic E-state index is 12.1. The largest absolute Gasteiger partial charge is 0.468 e. The summed E-state index contributed by atoms with van der Waals surface area (Å²) in [4.78, 5) is 39.8. The van der Waals surface area contributed by atoms with Crippen LogP contribution in [0.15, 0.2) is 40.2 Å². The molecule has 0 saturated heterocycles. The number of aromatic nitrogens is 3. The van der Waals surface area contributed by atoms with Gasteiger partial charge in [-0.1, -0.05) is 0 Å². The second-order valence-electron chi connectivity index (χ2n) is 4.92. The number of ether oxygens (including phenoxy) is 1. The molecule has 0 unspecified atom stereocenters. The smallest absolute Gasteiger partial charge is 0.422 e. The normalized spacial score (nSPS) is 11.2. The zero-order chi connectivity index (χ0) is 18.4. The molecule has 0 aliphatic rings. The lowest BCUT2D eigenvalue weighted by atomic mass is 10.2. The first kappa shape index (κ1) is 18.2. The number of pyridine rings is 1. The molecule has 0 aromatic carbocycles. The molecule has 2 N–H and O–H groups in total. The summed E-state index contributed by atoms with van der Waals surface area (Å²) in [5.41, 5.74) is -0.839. The Hall–Kier alpha value is -3.11. The van der Waals surface area contributed by atoms with Gasteiger partial charge in [-0.15, -0.1) is 0 Å². The van der Waals surface area contributed by atoms with Crippen molar-refractivity contribution in [2.75, 3.05) is 6.61 Å². The molecule has 2 aromatic heterocycles. The SMILES string of the molecule is O=C(Cn1ccc(=O)[nH]c1=O)NCc1ccnc(OCC(F)(F)F)c1. The van der Waals surface area contributed by atoms with E-state index in [1.165, 1.54) is 24.5 Å². The second-order valence-corrected chi connectivity index (χ2v) is 4.92. The zero-order valence-electron chi connectivity index (χ0n) is 12.7. The van der Waals surface area contributed by atoms with Crippen molar-refractivity contribution in [2.45, 2.75) is 19.3 Å². The number of carbonyl (C=O) groups is 1. The van der Waals surface area contributed by atoms with Crippen LogP contribution < -0.4 is 21.3 Å².